The molecular weight excluding hydrogens is 328 g/mol. The van der Waals surface area contributed by atoms with Crippen LogP contribution in [0.4, 0.5) is 11.4 Å². The van der Waals surface area contributed by atoms with Gasteiger partial charge in [0, 0.05) is 6.07 Å². The summed E-state index contributed by atoms with van der Waals surface area (Å²) in [5, 5.41) is 22.0. The van der Waals surface area contributed by atoms with Crippen LogP contribution < -0.4 is 10.1 Å². The number of rotatable bonds is 6. The number of carbonyl (C=O) groups excluding carboxylic acids is 1. The molecule has 1 amide bonds. The number of non-ortho nitro benzene ring substituents is 1. The summed E-state index contributed by atoms with van der Waals surface area (Å²) in [6.07, 6.45) is 0. The van der Waals surface area contributed by atoms with Gasteiger partial charge in [0.1, 0.15) is 10.8 Å². The molecule has 0 aliphatic heterocycles. The number of nitro benzene ring substituents is 1. The second kappa shape index (κ2) is 7.18. The lowest BCUT2D eigenvalue weighted by atomic mass is 10.2. The third kappa shape index (κ3) is 4.15. The van der Waals surface area contributed by atoms with E-state index in [2.05, 4.69) is 15.5 Å². The van der Waals surface area contributed by atoms with Crippen LogP contribution in [0.25, 0.3) is 0 Å². The highest BCUT2D eigenvalue weighted by molar-refractivity contribution is 8.01. The van der Waals surface area contributed by atoms with Crippen molar-refractivity contribution < 1.29 is 14.5 Å². The Hall–Kier alpha value is -2.20. The predicted molar refractivity (Wildman–Crippen MR) is 83.6 cm³/mol. The van der Waals surface area contributed by atoms with Gasteiger partial charge in [-0.05, 0) is 13.0 Å². The van der Waals surface area contributed by atoms with E-state index in [1.165, 1.54) is 48.4 Å². The summed E-state index contributed by atoms with van der Waals surface area (Å²) in [7, 11) is 1.38. The number of nitrogens with one attached hydrogen (secondary N) is 1. The number of amides is 1. The molecule has 2 rings (SSSR count). The first-order valence-corrected chi connectivity index (χ1v) is 7.85. The van der Waals surface area contributed by atoms with Crippen LogP contribution in [0, 0.1) is 17.0 Å². The van der Waals surface area contributed by atoms with E-state index in [0.717, 1.165) is 5.01 Å². The average Bonchev–Trinajstić information content (AvgIpc) is 2.91. The number of benzene rings is 1. The molecule has 22 heavy (non-hydrogen) atoms. The van der Waals surface area contributed by atoms with Crippen molar-refractivity contribution in [2.45, 2.75) is 11.3 Å². The van der Waals surface area contributed by atoms with E-state index in [0.29, 0.717) is 10.0 Å². The molecule has 1 heterocycles. The quantitative estimate of drug-likeness (QED) is 0.489. The molecule has 116 valence electrons. The first-order valence-electron chi connectivity index (χ1n) is 6.05. The maximum atomic E-state index is 11.9. The van der Waals surface area contributed by atoms with Gasteiger partial charge in [-0.1, -0.05) is 23.1 Å². The standard InChI is InChI=1S/C12H12N4O4S2/c1-7-14-15-12(22-7)21-6-11(17)13-9-4-3-8(16(18)19)5-10(9)20-2/h3-5H,6H2,1-2H3,(H,13,17). The number of ether oxygens (including phenoxy) is 1. The number of hydrogen-bond acceptors (Lipinski definition) is 8. The zero-order chi connectivity index (χ0) is 16.1. The number of aryl methyl sites for hydroxylation is 1. The van der Waals surface area contributed by atoms with Gasteiger partial charge in [-0.2, -0.15) is 0 Å². The molecule has 2 aromatic rings. The van der Waals surface area contributed by atoms with E-state index in [1.54, 1.807) is 0 Å². The smallest absolute Gasteiger partial charge is 0.273 e. The third-order valence-electron chi connectivity index (χ3n) is 2.50. The number of hydrogen-bond donors (Lipinski definition) is 1. The third-order valence-corrected chi connectivity index (χ3v) is 4.48. The summed E-state index contributed by atoms with van der Waals surface area (Å²) in [4.78, 5) is 22.1. The van der Waals surface area contributed by atoms with E-state index < -0.39 is 4.92 Å². The zero-order valence-electron chi connectivity index (χ0n) is 11.7. The van der Waals surface area contributed by atoms with E-state index in [4.69, 9.17) is 4.74 Å². The first kappa shape index (κ1) is 16.2. The largest absolute Gasteiger partial charge is 0.494 e. The molecule has 0 radical (unpaired) electrons. The Morgan fingerprint density at radius 3 is 2.86 bits per heavy atom. The number of anilines is 1. The average molecular weight is 340 g/mol. The number of nitro groups is 1. The second-order valence-electron chi connectivity index (χ2n) is 4.07. The fourth-order valence-electron chi connectivity index (χ4n) is 1.55. The molecule has 0 saturated carbocycles. The zero-order valence-corrected chi connectivity index (χ0v) is 13.4. The van der Waals surface area contributed by atoms with Crippen molar-refractivity contribution in [3.8, 4) is 5.75 Å². The van der Waals surface area contributed by atoms with Crippen LogP contribution in [0.2, 0.25) is 0 Å². The minimum atomic E-state index is -0.526. The Labute approximate surface area is 134 Å². The molecule has 8 nitrogen and oxygen atoms in total. The van der Waals surface area contributed by atoms with Crippen molar-refractivity contribution in [3.05, 3.63) is 33.3 Å². The molecule has 0 saturated heterocycles. The van der Waals surface area contributed by atoms with Crippen molar-refractivity contribution in [3.63, 3.8) is 0 Å². The van der Waals surface area contributed by atoms with Crippen molar-refractivity contribution >= 4 is 40.4 Å². The lowest BCUT2D eigenvalue weighted by Crippen LogP contribution is -2.14. The Balaban J connectivity index is 2.00. The lowest BCUT2D eigenvalue weighted by molar-refractivity contribution is -0.384. The van der Waals surface area contributed by atoms with E-state index >= 15 is 0 Å². The van der Waals surface area contributed by atoms with Gasteiger partial charge in [0.2, 0.25) is 5.91 Å². The highest BCUT2D eigenvalue weighted by Gasteiger charge is 2.14. The van der Waals surface area contributed by atoms with Crippen LogP contribution in [0.15, 0.2) is 22.5 Å². The monoisotopic (exact) mass is 340 g/mol. The Bertz CT molecular complexity index is 704. The van der Waals surface area contributed by atoms with Crippen molar-refractivity contribution in [2.24, 2.45) is 0 Å². The number of methoxy groups -OCH3 is 1. The van der Waals surface area contributed by atoms with Crippen molar-refractivity contribution in [1.82, 2.24) is 10.2 Å². The summed E-state index contributed by atoms with van der Waals surface area (Å²) in [6.45, 7) is 1.84. The highest BCUT2D eigenvalue weighted by Crippen LogP contribution is 2.29. The number of thioether (sulfide) groups is 1. The fourth-order valence-corrected chi connectivity index (χ4v) is 3.16. The molecule has 0 spiro atoms. The normalized spacial score (nSPS) is 10.3. The highest BCUT2D eigenvalue weighted by atomic mass is 32.2. The molecule has 0 atom stereocenters. The molecular formula is C12H12N4O4S2. The first-order chi connectivity index (χ1) is 10.5. The minimum absolute atomic E-state index is 0.103. The van der Waals surface area contributed by atoms with Crippen molar-refractivity contribution in [2.75, 3.05) is 18.2 Å². The molecule has 10 heteroatoms. The molecule has 0 aliphatic carbocycles. The number of carbonyl (C=O) groups is 1. The van der Waals surface area contributed by atoms with Gasteiger partial charge >= 0.3 is 0 Å². The van der Waals surface area contributed by atoms with Gasteiger partial charge in [0.15, 0.2) is 4.34 Å². The van der Waals surface area contributed by atoms with Gasteiger partial charge in [0.25, 0.3) is 5.69 Å². The van der Waals surface area contributed by atoms with Crippen LogP contribution in [0.1, 0.15) is 5.01 Å². The molecule has 1 aromatic heterocycles. The molecule has 0 fully saturated rings. The van der Waals surface area contributed by atoms with Crippen LogP contribution in [-0.2, 0) is 4.79 Å². The van der Waals surface area contributed by atoms with Crippen LogP contribution >= 0.6 is 23.1 Å². The predicted octanol–water partition coefficient (Wildman–Crippen LogP) is 2.49. The van der Waals surface area contributed by atoms with Gasteiger partial charge in [-0.3, -0.25) is 14.9 Å². The van der Waals surface area contributed by atoms with E-state index in [1.807, 2.05) is 6.92 Å². The van der Waals surface area contributed by atoms with Crippen LogP contribution in [-0.4, -0.2) is 33.9 Å². The summed E-state index contributed by atoms with van der Waals surface area (Å²) >= 11 is 2.68. The Morgan fingerprint density at radius 1 is 1.50 bits per heavy atom. The fraction of sp³-hybridized carbons (Fsp3) is 0.250. The van der Waals surface area contributed by atoms with Gasteiger partial charge in [-0.15, -0.1) is 10.2 Å². The van der Waals surface area contributed by atoms with E-state index in [9.17, 15) is 14.9 Å². The molecule has 0 bridgehead atoms. The summed E-state index contributed by atoms with van der Waals surface area (Å²) in [5.74, 6) is 0.138. The summed E-state index contributed by atoms with van der Waals surface area (Å²) in [6, 6.07) is 4.00. The molecule has 1 N–H and O–H groups in total. The summed E-state index contributed by atoms with van der Waals surface area (Å²) in [5.41, 5.74) is 0.278. The van der Waals surface area contributed by atoms with Crippen molar-refractivity contribution in [1.29, 1.82) is 0 Å². The Kier molecular flexibility index (Phi) is 5.28. The van der Waals surface area contributed by atoms with Crippen LogP contribution in [0.3, 0.4) is 0 Å². The topological polar surface area (TPSA) is 107 Å². The van der Waals surface area contributed by atoms with Crippen LogP contribution in [0.5, 0.6) is 5.75 Å². The maximum absolute atomic E-state index is 11.9. The number of nitrogens with zero attached hydrogens (tertiary/aromatic N) is 3. The second-order valence-corrected chi connectivity index (χ2v) is 6.47. The van der Waals surface area contributed by atoms with Gasteiger partial charge in [0.05, 0.1) is 29.5 Å². The van der Waals surface area contributed by atoms with Gasteiger partial charge < -0.3 is 10.1 Å². The lowest BCUT2D eigenvalue weighted by Gasteiger charge is -2.09. The molecule has 1 aromatic carbocycles. The minimum Gasteiger partial charge on any atom is -0.494 e. The number of aromatic nitrogens is 2. The molecule has 0 unspecified atom stereocenters. The van der Waals surface area contributed by atoms with E-state index in [-0.39, 0.29) is 23.1 Å². The molecule has 0 aliphatic rings. The van der Waals surface area contributed by atoms with Gasteiger partial charge in [-0.25, -0.2) is 0 Å². The maximum Gasteiger partial charge on any atom is 0.273 e. The summed E-state index contributed by atoms with van der Waals surface area (Å²) < 4.78 is 5.77. The SMILES string of the molecule is COc1cc([N+](=O)[O-])ccc1NC(=O)CSc1nnc(C)s1. The Morgan fingerprint density at radius 2 is 2.27 bits per heavy atom.